The normalized spacial score (nSPS) is 10.0. The Morgan fingerprint density at radius 2 is 1.82 bits per heavy atom. The lowest BCUT2D eigenvalue weighted by atomic mass is 10.2. The second-order valence-corrected chi connectivity index (χ2v) is 4.31. The average Bonchev–Trinajstić information content (AvgIpc) is 2.33. The summed E-state index contributed by atoms with van der Waals surface area (Å²) in [5.74, 6) is 0. The summed E-state index contributed by atoms with van der Waals surface area (Å²) < 4.78 is 0. The Labute approximate surface area is 106 Å². The molecule has 99 valence electrons. The van der Waals surface area contributed by atoms with Gasteiger partial charge in [-0.3, -0.25) is 0 Å². The molecule has 0 aromatic rings. The molecule has 0 saturated carbocycles. The molecule has 0 spiro atoms. The lowest BCUT2D eigenvalue weighted by Gasteiger charge is -2.20. The summed E-state index contributed by atoms with van der Waals surface area (Å²) in [4.78, 5) is 13.6. The fourth-order valence-corrected chi connectivity index (χ4v) is 1.61. The molecular weight excluding hydrogens is 212 g/mol. The highest BCUT2D eigenvalue weighted by Crippen LogP contribution is 2.00. The topological polar surface area (TPSA) is 34.4 Å². The van der Waals surface area contributed by atoms with Crippen molar-refractivity contribution in [1.82, 2.24) is 10.2 Å². The molecule has 0 N–H and O–H groups in total. The Morgan fingerprint density at radius 3 is 2.41 bits per heavy atom. The van der Waals surface area contributed by atoms with Crippen LogP contribution in [0.25, 0.3) is 0 Å². The minimum atomic E-state index is -0.0721. The minimum absolute atomic E-state index is 0.0721. The number of amides is 2. The first kappa shape index (κ1) is 16.0. The highest BCUT2D eigenvalue weighted by Gasteiger charge is 2.11. The SMILES string of the molecule is C=CCN(CCCCC)C(=O)[N]CCCCC. The lowest BCUT2D eigenvalue weighted by Crippen LogP contribution is -2.37. The Hall–Kier alpha value is -0.990. The van der Waals surface area contributed by atoms with Crippen LogP contribution in [0.1, 0.15) is 52.4 Å². The first-order chi connectivity index (χ1) is 8.26. The Bertz CT molecular complexity index is 204. The van der Waals surface area contributed by atoms with E-state index in [0.717, 1.165) is 38.6 Å². The van der Waals surface area contributed by atoms with Crippen molar-refractivity contribution in [2.24, 2.45) is 0 Å². The number of unbranched alkanes of at least 4 members (excludes halogenated alkanes) is 4. The van der Waals surface area contributed by atoms with Crippen molar-refractivity contribution in [3.05, 3.63) is 12.7 Å². The van der Waals surface area contributed by atoms with Crippen LogP contribution >= 0.6 is 0 Å². The number of carbonyl (C=O) groups excluding carboxylic acids is 1. The summed E-state index contributed by atoms with van der Waals surface area (Å²) >= 11 is 0. The van der Waals surface area contributed by atoms with Crippen LogP contribution in [0.2, 0.25) is 0 Å². The third kappa shape index (κ3) is 8.78. The zero-order chi connectivity index (χ0) is 12.9. The molecule has 0 aliphatic heterocycles. The zero-order valence-electron chi connectivity index (χ0n) is 11.5. The van der Waals surface area contributed by atoms with E-state index in [4.69, 9.17) is 0 Å². The maximum atomic E-state index is 11.8. The van der Waals surface area contributed by atoms with Crippen LogP contribution in [0.15, 0.2) is 12.7 Å². The average molecular weight is 239 g/mol. The van der Waals surface area contributed by atoms with E-state index >= 15 is 0 Å². The molecule has 3 nitrogen and oxygen atoms in total. The molecule has 0 aliphatic carbocycles. The number of urea groups is 1. The van der Waals surface area contributed by atoms with Gasteiger partial charge in [-0.2, -0.15) is 0 Å². The Morgan fingerprint density at radius 1 is 1.18 bits per heavy atom. The van der Waals surface area contributed by atoms with Gasteiger partial charge in [-0.05, 0) is 12.8 Å². The van der Waals surface area contributed by atoms with E-state index in [1.807, 2.05) is 0 Å². The third-order valence-electron chi connectivity index (χ3n) is 2.66. The van der Waals surface area contributed by atoms with Crippen molar-refractivity contribution in [2.75, 3.05) is 19.6 Å². The largest absolute Gasteiger partial charge is 0.339 e. The smallest absolute Gasteiger partial charge is 0.320 e. The maximum Gasteiger partial charge on any atom is 0.339 e. The zero-order valence-corrected chi connectivity index (χ0v) is 11.5. The van der Waals surface area contributed by atoms with Crippen LogP contribution in [0.3, 0.4) is 0 Å². The van der Waals surface area contributed by atoms with Crippen LogP contribution < -0.4 is 5.32 Å². The van der Waals surface area contributed by atoms with Crippen LogP contribution in [0.4, 0.5) is 4.79 Å². The molecule has 17 heavy (non-hydrogen) atoms. The first-order valence-corrected chi connectivity index (χ1v) is 6.83. The number of hydrogen-bond donors (Lipinski definition) is 0. The molecule has 0 aromatic heterocycles. The van der Waals surface area contributed by atoms with Crippen LogP contribution in [0, 0.1) is 0 Å². The molecule has 0 bridgehead atoms. The monoisotopic (exact) mass is 239 g/mol. The van der Waals surface area contributed by atoms with E-state index in [1.54, 1.807) is 11.0 Å². The predicted octanol–water partition coefficient (Wildman–Crippen LogP) is 3.58. The second kappa shape index (κ2) is 11.5. The molecule has 0 heterocycles. The molecule has 3 heteroatoms. The van der Waals surface area contributed by atoms with E-state index in [1.165, 1.54) is 6.42 Å². The summed E-state index contributed by atoms with van der Waals surface area (Å²) in [6, 6.07) is -0.0721. The van der Waals surface area contributed by atoms with Crippen LogP contribution in [0.5, 0.6) is 0 Å². The van der Waals surface area contributed by atoms with E-state index in [2.05, 4.69) is 25.7 Å². The van der Waals surface area contributed by atoms with Crippen molar-refractivity contribution in [2.45, 2.75) is 52.4 Å². The number of hydrogen-bond acceptors (Lipinski definition) is 1. The molecule has 0 fully saturated rings. The van der Waals surface area contributed by atoms with Gasteiger partial charge >= 0.3 is 6.03 Å². The van der Waals surface area contributed by atoms with Gasteiger partial charge < -0.3 is 4.90 Å². The Balaban J connectivity index is 3.83. The molecule has 0 saturated heterocycles. The van der Waals surface area contributed by atoms with Crippen molar-refractivity contribution >= 4 is 6.03 Å². The maximum absolute atomic E-state index is 11.8. The summed E-state index contributed by atoms with van der Waals surface area (Å²) in [6.07, 6.45) is 8.48. The van der Waals surface area contributed by atoms with E-state index < -0.39 is 0 Å². The quantitative estimate of drug-likeness (QED) is 0.424. The van der Waals surface area contributed by atoms with E-state index in [0.29, 0.717) is 13.1 Å². The van der Waals surface area contributed by atoms with Crippen molar-refractivity contribution in [3.8, 4) is 0 Å². The van der Waals surface area contributed by atoms with Gasteiger partial charge in [-0.15, -0.1) is 6.58 Å². The van der Waals surface area contributed by atoms with Gasteiger partial charge in [0.05, 0.1) is 0 Å². The predicted molar refractivity (Wildman–Crippen MR) is 73.2 cm³/mol. The summed E-state index contributed by atoms with van der Waals surface area (Å²) in [5, 5.41) is 4.10. The fraction of sp³-hybridized carbons (Fsp3) is 0.786. The molecular formula is C14H27N2O. The van der Waals surface area contributed by atoms with Crippen molar-refractivity contribution in [1.29, 1.82) is 0 Å². The molecule has 1 radical (unpaired) electrons. The Kier molecular flexibility index (Phi) is 10.8. The summed E-state index contributed by atoms with van der Waals surface area (Å²) in [6.45, 7) is 10.1. The van der Waals surface area contributed by atoms with E-state index in [9.17, 15) is 4.79 Å². The van der Waals surface area contributed by atoms with Gasteiger partial charge in [0, 0.05) is 19.6 Å². The van der Waals surface area contributed by atoms with Crippen molar-refractivity contribution in [3.63, 3.8) is 0 Å². The minimum Gasteiger partial charge on any atom is -0.320 e. The number of rotatable bonds is 10. The fourth-order valence-electron chi connectivity index (χ4n) is 1.61. The van der Waals surface area contributed by atoms with E-state index in [-0.39, 0.29) is 6.03 Å². The van der Waals surface area contributed by atoms with Crippen molar-refractivity contribution < 1.29 is 4.79 Å². The molecule has 0 rings (SSSR count). The van der Waals surface area contributed by atoms with Crippen LogP contribution in [-0.4, -0.2) is 30.6 Å². The standard InChI is InChI=1S/C14H27N2O/c1-4-7-9-11-15-14(17)16(12-6-3)13-10-8-5-2/h6H,3-5,7-13H2,1-2H3. The third-order valence-corrected chi connectivity index (χ3v) is 2.66. The summed E-state index contributed by atoms with van der Waals surface area (Å²) in [5.41, 5.74) is 0. The number of carbonyl (C=O) groups is 1. The molecule has 0 atom stereocenters. The van der Waals surface area contributed by atoms with Gasteiger partial charge in [0.2, 0.25) is 0 Å². The summed E-state index contributed by atoms with van der Waals surface area (Å²) in [7, 11) is 0. The van der Waals surface area contributed by atoms with Gasteiger partial charge in [-0.1, -0.05) is 45.6 Å². The lowest BCUT2D eigenvalue weighted by molar-refractivity contribution is 0.201. The van der Waals surface area contributed by atoms with Gasteiger partial charge in [0.1, 0.15) is 0 Å². The molecule has 2 amide bonds. The van der Waals surface area contributed by atoms with Gasteiger partial charge in [0.25, 0.3) is 0 Å². The number of nitrogens with zero attached hydrogens (tertiary/aromatic N) is 2. The van der Waals surface area contributed by atoms with Gasteiger partial charge in [0.15, 0.2) is 0 Å². The van der Waals surface area contributed by atoms with Crippen LogP contribution in [-0.2, 0) is 0 Å². The first-order valence-electron chi connectivity index (χ1n) is 6.83. The molecule has 0 aliphatic rings. The highest BCUT2D eigenvalue weighted by molar-refractivity contribution is 5.73. The second-order valence-electron chi connectivity index (χ2n) is 4.31. The molecule has 0 aromatic carbocycles. The highest BCUT2D eigenvalue weighted by atomic mass is 16.2. The van der Waals surface area contributed by atoms with Gasteiger partial charge in [-0.25, -0.2) is 10.1 Å². The molecule has 0 unspecified atom stereocenters.